The first-order chi connectivity index (χ1) is 10.2. The molecule has 1 atom stereocenters. The molecule has 1 aliphatic rings. The Labute approximate surface area is 134 Å². The Kier molecular flexibility index (Phi) is 4.50. The van der Waals surface area contributed by atoms with Crippen LogP contribution in [0.3, 0.4) is 0 Å². The summed E-state index contributed by atoms with van der Waals surface area (Å²) in [6, 6.07) is 0. The molecule has 3 rings (SSSR count). The maximum Gasteiger partial charge on any atom is 0.191 e. The van der Waals surface area contributed by atoms with Gasteiger partial charge in [0.1, 0.15) is 10.6 Å². The van der Waals surface area contributed by atoms with Crippen molar-refractivity contribution >= 4 is 39.1 Å². The van der Waals surface area contributed by atoms with Gasteiger partial charge in [-0.15, -0.1) is 17.9 Å². The summed E-state index contributed by atoms with van der Waals surface area (Å²) in [5.41, 5.74) is 1.49. The Morgan fingerprint density at radius 3 is 3.10 bits per heavy atom. The Balaban J connectivity index is 2.10. The quantitative estimate of drug-likeness (QED) is 0.499. The number of rotatable bonds is 5. The van der Waals surface area contributed by atoms with E-state index in [4.69, 9.17) is 9.97 Å². The van der Waals surface area contributed by atoms with Crippen molar-refractivity contribution in [2.75, 3.05) is 17.6 Å². The Morgan fingerprint density at radius 2 is 2.33 bits per heavy atom. The fourth-order valence-electron chi connectivity index (χ4n) is 2.82. The molecule has 0 unspecified atom stereocenters. The van der Waals surface area contributed by atoms with Gasteiger partial charge in [0, 0.05) is 17.2 Å². The fraction of sp³-hybridized carbons (Fsp3) is 0.500. The number of hydrogen-bond acceptors (Lipinski definition) is 5. The van der Waals surface area contributed by atoms with E-state index in [2.05, 4.69) is 25.7 Å². The van der Waals surface area contributed by atoms with Crippen LogP contribution < -0.4 is 5.32 Å². The number of fused-ring (bicyclic) bond motifs is 3. The van der Waals surface area contributed by atoms with Crippen LogP contribution in [0, 0.1) is 5.92 Å². The van der Waals surface area contributed by atoms with E-state index < -0.39 is 0 Å². The van der Waals surface area contributed by atoms with Gasteiger partial charge in [0.05, 0.1) is 5.39 Å². The average molecular weight is 319 g/mol. The zero-order chi connectivity index (χ0) is 14.8. The van der Waals surface area contributed by atoms with Gasteiger partial charge in [-0.3, -0.25) is 0 Å². The standard InChI is InChI=1S/C16H21N3S2/c1-4-8-20-16-18-14(17-5-2)13-11-7-6-10(3)9-12(11)21-15(13)19-16/h4,10H,1,5-9H2,2-3H3,(H,17,18,19)/t10-/m1/s1. The molecule has 0 fully saturated rings. The van der Waals surface area contributed by atoms with Gasteiger partial charge in [0.25, 0.3) is 0 Å². The van der Waals surface area contributed by atoms with E-state index >= 15 is 0 Å². The van der Waals surface area contributed by atoms with Crippen molar-refractivity contribution in [2.45, 2.75) is 38.3 Å². The smallest absolute Gasteiger partial charge is 0.191 e. The molecule has 1 aliphatic carbocycles. The van der Waals surface area contributed by atoms with Crippen LogP contribution in [-0.4, -0.2) is 22.3 Å². The topological polar surface area (TPSA) is 37.8 Å². The highest BCUT2D eigenvalue weighted by Crippen LogP contribution is 2.40. The second-order valence-corrected chi connectivity index (χ2v) is 7.59. The summed E-state index contributed by atoms with van der Waals surface area (Å²) in [6.07, 6.45) is 5.53. The van der Waals surface area contributed by atoms with Crippen molar-refractivity contribution in [2.24, 2.45) is 5.92 Å². The highest BCUT2D eigenvalue weighted by atomic mass is 32.2. The van der Waals surface area contributed by atoms with Crippen molar-refractivity contribution in [3.8, 4) is 0 Å². The third kappa shape index (κ3) is 2.94. The number of nitrogens with one attached hydrogen (secondary N) is 1. The molecule has 2 heterocycles. The summed E-state index contributed by atoms with van der Waals surface area (Å²) in [5, 5.41) is 5.55. The van der Waals surface area contributed by atoms with Crippen LogP contribution >= 0.6 is 23.1 Å². The minimum Gasteiger partial charge on any atom is -0.370 e. The minimum atomic E-state index is 0.788. The van der Waals surface area contributed by atoms with Crippen molar-refractivity contribution in [3.63, 3.8) is 0 Å². The predicted octanol–water partition coefficient (Wildman–Crippen LogP) is 4.53. The van der Waals surface area contributed by atoms with E-state index in [0.29, 0.717) is 0 Å². The molecule has 0 bridgehead atoms. The maximum atomic E-state index is 4.77. The molecular formula is C16H21N3S2. The van der Waals surface area contributed by atoms with Crippen LogP contribution in [0.2, 0.25) is 0 Å². The van der Waals surface area contributed by atoms with Crippen LogP contribution in [0.25, 0.3) is 10.2 Å². The second kappa shape index (κ2) is 6.36. The van der Waals surface area contributed by atoms with Crippen LogP contribution in [0.15, 0.2) is 17.8 Å². The average Bonchev–Trinajstić information content (AvgIpc) is 2.82. The normalized spacial score (nSPS) is 17.7. The van der Waals surface area contributed by atoms with Gasteiger partial charge in [0.15, 0.2) is 5.16 Å². The molecule has 5 heteroatoms. The Hall–Kier alpha value is -1.07. The molecule has 0 spiro atoms. The minimum absolute atomic E-state index is 0.788. The molecule has 2 aromatic heterocycles. The van der Waals surface area contributed by atoms with Gasteiger partial charge in [-0.1, -0.05) is 24.8 Å². The molecule has 112 valence electrons. The molecule has 0 aromatic carbocycles. The molecule has 2 aromatic rings. The number of anilines is 1. The molecular weight excluding hydrogens is 298 g/mol. The number of thiophene rings is 1. The summed E-state index contributed by atoms with van der Waals surface area (Å²) in [4.78, 5) is 12.2. The third-order valence-corrected chi connectivity index (χ3v) is 5.80. The van der Waals surface area contributed by atoms with Crippen LogP contribution in [0.4, 0.5) is 5.82 Å². The molecule has 0 radical (unpaired) electrons. The molecule has 0 saturated carbocycles. The SMILES string of the molecule is C=CCSc1nc(NCC)c2c3c(sc2n1)C[C@H](C)CC3. The highest BCUT2D eigenvalue weighted by Gasteiger charge is 2.23. The van der Waals surface area contributed by atoms with Crippen molar-refractivity contribution in [1.29, 1.82) is 0 Å². The summed E-state index contributed by atoms with van der Waals surface area (Å²) in [5.74, 6) is 2.65. The molecule has 0 aliphatic heterocycles. The number of hydrogen-bond donors (Lipinski definition) is 1. The van der Waals surface area contributed by atoms with Crippen molar-refractivity contribution in [1.82, 2.24) is 9.97 Å². The number of aryl methyl sites for hydroxylation is 1. The largest absolute Gasteiger partial charge is 0.370 e. The Bertz CT molecular complexity index is 663. The van der Waals surface area contributed by atoms with Crippen LogP contribution in [-0.2, 0) is 12.8 Å². The summed E-state index contributed by atoms with van der Waals surface area (Å²) >= 11 is 3.51. The van der Waals surface area contributed by atoms with Gasteiger partial charge in [-0.2, -0.15) is 0 Å². The van der Waals surface area contributed by atoms with Crippen molar-refractivity contribution < 1.29 is 0 Å². The van der Waals surface area contributed by atoms with E-state index in [9.17, 15) is 0 Å². The van der Waals surface area contributed by atoms with Gasteiger partial charge >= 0.3 is 0 Å². The second-order valence-electron chi connectivity index (χ2n) is 5.52. The monoisotopic (exact) mass is 319 g/mol. The highest BCUT2D eigenvalue weighted by molar-refractivity contribution is 7.99. The number of thioether (sulfide) groups is 1. The zero-order valence-electron chi connectivity index (χ0n) is 12.6. The first kappa shape index (κ1) is 14.9. The van der Waals surface area contributed by atoms with Gasteiger partial charge < -0.3 is 5.32 Å². The lowest BCUT2D eigenvalue weighted by Gasteiger charge is -2.18. The van der Waals surface area contributed by atoms with E-state index in [1.54, 1.807) is 11.8 Å². The molecule has 1 N–H and O–H groups in total. The molecule has 3 nitrogen and oxygen atoms in total. The van der Waals surface area contributed by atoms with Gasteiger partial charge in [0.2, 0.25) is 0 Å². The van der Waals surface area contributed by atoms with E-state index in [-0.39, 0.29) is 0 Å². The van der Waals surface area contributed by atoms with E-state index in [0.717, 1.165) is 40.4 Å². The number of nitrogens with zero attached hydrogens (tertiary/aromatic N) is 2. The summed E-state index contributed by atoms with van der Waals surface area (Å²) in [7, 11) is 0. The third-order valence-electron chi connectivity index (χ3n) is 3.81. The van der Waals surface area contributed by atoms with Crippen LogP contribution in [0.1, 0.15) is 30.7 Å². The van der Waals surface area contributed by atoms with E-state index in [1.165, 1.54) is 28.7 Å². The predicted molar refractivity (Wildman–Crippen MR) is 93.7 cm³/mol. The fourth-order valence-corrected chi connectivity index (χ4v) is 4.84. The lowest BCUT2D eigenvalue weighted by atomic mass is 9.89. The Morgan fingerprint density at radius 1 is 1.48 bits per heavy atom. The zero-order valence-corrected chi connectivity index (χ0v) is 14.2. The number of aromatic nitrogens is 2. The maximum absolute atomic E-state index is 4.77. The lowest BCUT2D eigenvalue weighted by Crippen LogP contribution is -2.09. The lowest BCUT2D eigenvalue weighted by molar-refractivity contribution is 0.509. The van der Waals surface area contributed by atoms with Gasteiger partial charge in [-0.05, 0) is 37.7 Å². The van der Waals surface area contributed by atoms with Crippen molar-refractivity contribution in [3.05, 3.63) is 23.1 Å². The molecule has 0 saturated heterocycles. The molecule has 0 amide bonds. The first-order valence-corrected chi connectivity index (χ1v) is 9.33. The summed E-state index contributed by atoms with van der Waals surface area (Å²) in [6.45, 7) is 9.12. The van der Waals surface area contributed by atoms with Crippen LogP contribution in [0.5, 0.6) is 0 Å². The summed E-state index contributed by atoms with van der Waals surface area (Å²) < 4.78 is 0. The molecule has 21 heavy (non-hydrogen) atoms. The van der Waals surface area contributed by atoms with E-state index in [1.807, 2.05) is 17.4 Å². The van der Waals surface area contributed by atoms with Gasteiger partial charge in [-0.25, -0.2) is 9.97 Å². The first-order valence-electron chi connectivity index (χ1n) is 7.52.